The largest absolute Gasteiger partial charge is 0.489 e. The van der Waals surface area contributed by atoms with E-state index >= 15 is 0 Å². The fourth-order valence-corrected chi connectivity index (χ4v) is 3.03. The van der Waals surface area contributed by atoms with Gasteiger partial charge in [-0.1, -0.05) is 32.0 Å². The van der Waals surface area contributed by atoms with Crippen LogP contribution >= 0.6 is 0 Å². The number of ether oxygens (including phenoxy) is 1. The molecule has 0 saturated carbocycles. The molecule has 1 aromatic carbocycles. The van der Waals surface area contributed by atoms with Gasteiger partial charge in [0, 0.05) is 18.7 Å². The summed E-state index contributed by atoms with van der Waals surface area (Å²) >= 11 is 0. The number of nitrogens with zero attached hydrogens (tertiary/aromatic N) is 2. The van der Waals surface area contributed by atoms with Gasteiger partial charge in [-0.3, -0.25) is 4.79 Å². The number of likely N-dealkylation sites (tertiary alicyclic amines) is 1. The number of carbonyl (C=O) groups excluding carboxylic acids is 1. The van der Waals surface area contributed by atoms with Crippen molar-refractivity contribution >= 4 is 5.91 Å². The third-order valence-corrected chi connectivity index (χ3v) is 4.13. The van der Waals surface area contributed by atoms with Crippen LogP contribution < -0.4 is 10.4 Å². The lowest BCUT2D eigenvalue weighted by Crippen LogP contribution is -2.33. The van der Waals surface area contributed by atoms with Gasteiger partial charge in [0.1, 0.15) is 17.5 Å². The molecule has 0 unspecified atom stereocenters. The first kappa shape index (κ1) is 17.2. The predicted molar refractivity (Wildman–Crippen MR) is 94.8 cm³/mol. The molecule has 2 aromatic rings. The van der Waals surface area contributed by atoms with Gasteiger partial charge in [-0.2, -0.15) is 4.98 Å². The Bertz CT molecular complexity index is 786. The van der Waals surface area contributed by atoms with E-state index < -0.39 is 5.69 Å². The molecule has 6 heteroatoms. The van der Waals surface area contributed by atoms with Gasteiger partial charge in [0.15, 0.2) is 0 Å². The van der Waals surface area contributed by atoms with E-state index in [1.165, 1.54) is 0 Å². The van der Waals surface area contributed by atoms with E-state index in [9.17, 15) is 9.59 Å². The second-order valence-electron chi connectivity index (χ2n) is 6.79. The van der Waals surface area contributed by atoms with E-state index in [4.69, 9.17) is 4.74 Å². The molecular formula is C19H23N3O3. The predicted octanol–water partition coefficient (Wildman–Crippen LogP) is 2.26. The van der Waals surface area contributed by atoms with Crippen molar-refractivity contribution in [3.05, 3.63) is 58.3 Å². The van der Waals surface area contributed by atoms with Crippen LogP contribution in [-0.4, -0.2) is 40.0 Å². The van der Waals surface area contributed by atoms with Crippen molar-refractivity contribution in [3.63, 3.8) is 0 Å². The van der Waals surface area contributed by atoms with Gasteiger partial charge in [0.2, 0.25) is 0 Å². The van der Waals surface area contributed by atoms with Crippen LogP contribution in [0.15, 0.2) is 41.2 Å². The summed E-state index contributed by atoms with van der Waals surface area (Å²) in [6.07, 6.45) is 1.43. The summed E-state index contributed by atoms with van der Waals surface area (Å²) in [5.41, 5.74) is 0.479. The first-order valence-corrected chi connectivity index (χ1v) is 8.62. The molecule has 0 spiro atoms. The average Bonchev–Trinajstić information content (AvgIpc) is 3.02. The van der Waals surface area contributed by atoms with Gasteiger partial charge in [-0.05, 0) is 30.5 Å². The standard InChI is InChI=1S/C19H23N3O3/c1-13(2)10-14-11-17(21-19(24)20-14)18(23)22-9-8-16(12-22)25-15-6-4-3-5-7-15/h3-7,11,13,16H,8-10,12H2,1-2H3,(H,20,21,24)/t16-/m1/s1. The summed E-state index contributed by atoms with van der Waals surface area (Å²) in [6.45, 7) is 5.23. The Labute approximate surface area is 146 Å². The van der Waals surface area contributed by atoms with Crippen molar-refractivity contribution in [2.75, 3.05) is 13.1 Å². The molecule has 25 heavy (non-hydrogen) atoms. The summed E-state index contributed by atoms with van der Waals surface area (Å²) in [5.74, 6) is 0.974. The summed E-state index contributed by atoms with van der Waals surface area (Å²) in [5, 5.41) is 0. The lowest BCUT2D eigenvalue weighted by Gasteiger charge is -2.17. The Balaban J connectivity index is 1.67. The molecule has 1 atom stereocenters. The molecule has 0 aliphatic carbocycles. The van der Waals surface area contributed by atoms with Crippen molar-refractivity contribution in [1.82, 2.24) is 14.9 Å². The number of aromatic nitrogens is 2. The lowest BCUT2D eigenvalue weighted by atomic mass is 10.1. The quantitative estimate of drug-likeness (QED) is 0.905. The molecule has 1 N–H and O–H groups in total. The number of para-hydroxylation sites is 1. The van der Waals surface area contributed by atoms with Crippen LogP contribution in [0.3, 0.4) is 0 Å². The van der Waals surface area contributed by atoms with E-state index in [1.807, 2.05) is 30.3 Å². The van der Waals surface area contributed by atoms with Crippen LogP contribution in [0, 0.1) is 5.92 Å². The molecule has 3 rings (SSSR count). The van der Waals surface area contributed by atoms with Crippen molar-refractivity contribution in [2.24, 2.45) is 5.92 Å². The maximum absolute atomic E-state index is 12.7. The highest BCUT2D eigenvalue weighted by Crippen LogP contribution is 2.19. The molecule has 132 valence electrons. The van der Waals surface area contributed by atoms with E-state index in [1.54, 1.807) is 11.0 Å². The molecule has 1 saturated heterocycles. The number of nitrogens with one attached hydrogen (secondary N) is 1. The van der Waals surface area contributed by atoms with Crippen LogP contribution in [0.1, 0.15) is 36.5 Å². The third-order valence-electron chi connectivity index (χ3n) is 4.13. The number of rotatable bonds is 5. The Morgan fingerprint density at radius 1 is 1.36 bits per heavy atom. The first-order valence-electron chi connectivity index (χ1n) is 8.62. The second kappa shape index (κ2) is 7.51. The zero-order valence-corrected chi connectivity index (χ0v) is 14.6. The Morgan fingerprint density at radius 3 is 2.84 bits per heavy atom. The van der Waals surface area contributed by atoms with Crippen LogP contribution in [-0.2, 0) is 6.42 Å². The molecule has 1 fully saturated rings. The minimum absolute atomic E-state index is 0.0384. The first-order chi connectivity index (χ1) is 12.0. The van der Waals surface area contributed by atoms with Gasteiger partial charge >= 0.3 is 5.69 Å². The number of hydrogen-bond acceptors (Lipinski definition) is 4. The number of carbonyl (C=O) groups is 1. The highest BCUT2D eigenvalue weighted by Gasteiger charge is 2.29. The molecule has 6 nitrogen and oxygen atoms in total. The van der Waals surface area contributed by atoms with Crippen molar-refractivity contribution < 1.29 is 9.53 Å². The van der Waals surface area contributed by atoms with Crippen LogP contribution in [0.2, 0.25) is 0 Å². The minimum atomic E-state index is -0.474. The lowest BCUT2D eigenvalue weighted by molar-refractivity contribution is 0.0766. The number of H-pyrrole nitrogens is 1. The molecule has 1 amide bonds. The maximum Gasteiger partial charge on any atom is 0.345 e. The molecule has 0 bridgehead atoms. The summed E-state index contributed by atoms with van der Waals surface area (Å²) < 4.78 is 5.91. The molecule has 1 aliphatic heterocycles. The SMILES string of the molecule is CC(C)Cc1cc(C(=O)N2CC[C@@H](Oc3ccccc3)C2)nc(=O)[nH]1. The molecule has 1 aliphatic rings. The highest BCUT2D eigenvalue weighted by atomic mass is 16.5. The van der Waals surface area contributed by atoms with Crippen molar-refractivity contribution in [2.45, 2.75) is 32.8 Å². The van der Waals surface area contributed by atoms with Crippen LogP contribution in [0.4, 0.5) is 0 Å². The van der Waals surface area contributed by atoms with Gasteiger partial charge in [-0.15, -0.1) is 0 Å². The number of hydrogen-bond donors (Lipinski definition) is 1. The van der Waals surface area contributed by atoms with Crippen LogP contribution in [0.25, 0.3) is 0 Å². The molecular weight excluding hydrogens is 318 g/mol. The number of amides is 1. The van der Waals surface area contributed by atoms with Gasteiger partial charge in [-0.25, -0.2) is 4.79 Å². The number of aromatic amines is 1. The molecule has 1 aromatic heterocycles. The van der Waals surface area contributed by atoms with E-state index in [0.717, 1.165) is 17.9 Å². The van der Waals surface area contributed by atoms with E-state index in [0.29, 0.717) is 25.4 Å². The summed E-state index contributed by atoms with van der Waals surface area (Å²) in [7, 11) is 0. The Kier molecular flexibility index (Phi) is 5.16. The highest BCUT2D eigenvalue weighted by molar-refractivity contribution is 5.92. The third kappa shape index (κ3) is 4.47. The average molecular weight is 341 g/mol. The van der Waals surface area contributed by atoms with Gasteiger partial charge in [0.05, 0.1) is 6.54 Å². The second-order valence-corrected chi connectivity index (χ2v) is 6.79. The van der Waals surface area contributed by atoms with Crippen molar-refractivity contribution in [3.8, 4) is 5.75 Å². The maximum atomic E-state index is 12.7. The van der Waals surface area contributed by atoms with E-state index in [2.05, 4.69) is 23.8 Å². The van der Waals surface area contributed by atoms with Crippen LogP contribution in [0.5, 0.6) is 5.75 Å². The van der Waals surface area contributed by atoms with Crippen molar-refractivity contribution in [1.29, 1.82) is 0 Å². The van der Waals surface area contributed by atoms with Gasteiger partial charge < -0.3 is 14.6 Å². The number of benzene rings is 1. The minimum Gasteiger partial charge on any atom is -0.489 e. The molecule has 2 heterocycles. The molecule has 0 radical (unpaired) electrons. The summed E-state index contributed by atoms with van der Waals surface area (Å²) in [4.78, 5) is 32.7. The summed E-state index contributed by atoms with van der Waals surface area (Å²) in [6, 6.07) is 11.3. The monoisotopic (exact) mass is 341 g/mol. The topological polar surface area (TPSA) is 75.3 Å². The smallest absolute Gasteiger partial charge is 0.345 e. The zero-order valence-electron chi connectivity index (χ0n) is 14.6. The fraction of sp³-hybridized carbons (Fsp3) is 0.421. The zero-order chi connectivity index (χ0) is 17.8. The van der Waals surface area contributed by atoms with E-state index in [-0.39, 0.29) is 17.7 Å². The normalized spacial score (nSPS) is 17.1. The Hall–Kier alpha value is -2.63. The van der Waals surface area contributed by atoms with Gasteiger partial charge in [0.25, 0.3) is 5.91 Å². The fourth-order valence-electron chi connectivity index (χ4n) is 3.03. The Morgan fingerprint density at radius 2 is 2.12 bits per heavy atom.